The summed E-state index contributed by atoms with van der Waals surface area (Å²) >= 11 is 11.7. The van der Waals surface area contributed by atoms with Gasteiger partial charge < -0.3 is 5.32 Å². The number of hydrogen-bond donors (Lipinski definition) is 2. The van der Waals surface area contributed by atoms with Crippen LogP contribution in [0.3, 0.4) is 0 Å². The third-order valence-corrected chi connectivity index (χ3v) is 2.49. The lowest BCUT2D eigenvalue weighted by molar-refractivity contribution is 0.102. The van der Waals surface area contributed by atoms with E-state index in [1.54, 1.807) is 18.2 Å². The maximum atomic E-state index is 11.8. The van der Waals surface area contributed by atoms with E-state index < -0.39 is 0 Å². The first-order valence-corrected chi connectivity index (χ1v) is 5.18. The third-order valence-electron chi connectivity index (χ3n) is 1.92. The molecule has 0 saturated carbocycles. The average Bonchev–Trinajstić information content (AvgIpc) is 2.74. The number of halogens is 2. The summed E-state index contributed by atoms with van der Waals surface area (Å²) in [7, 11) is 0. The number of amides is 1. The molecule has 0 unspecified atom stereocenters. The van der Waals surface area contributed by atoms with Gasteiger partial charge >= 0.3 is 0 Å². The van der Waals surface area contributed by atoms with E-state index in [9.17, 15) is 4.79 Å². The largest absolute Gasteiger partial charge is 0.307 e. The van der Waals surface area contributed by atoms with Gasteiger partial charge in [-0.3, -0.25) is 9.89 Å². The average molecular weight is 256 g/mol. The number of H-pyrrole nitrogens is 1. The number of carbonyl (C=O) groups excluding carboxylic acids is 1. The summed E-state index contributed by atoms with van der Waals surface area (Å²) in [6.45, 7) is 0. The normalized spacial score (nSPS) is 10.1. The van der Waals surface area contributed by atoms with E-state index in [-0.39, 0.29) is 5.91 Å². The van der Waals surface area contributed by atoms with Crippen LogP contribution < -0.4 is 5.32 Å². The molecule has 0 atom stereocenters. The van der Waals surface area contributed by atoms with Gasteiger partial charge in [0.05, 0.1) is 16.8 Å². The summed E-state index contributed by atoms with van der Waals surface area (Å²) in [6, 6.07) is 6.34. The number of aromatic nitrogens is 2. The van der Waals surface area contributed by atoms with E-state index in [0.29, 0.717) is 21.4 Å². The van der Waals surface area contributed by atoms with Gasteiger partial charge in [0.25, 0.3) is 5.91 Å². The molecule has 1 heterocycles. The zero-order valence-electron chi connectivity index (χ0n) is 8.00. The Hall–Kier alpha value is -1.52. The van der Waals surface area contributed by atoms with Crippen molar-refractivity contribution < 1.29 is 4.79 Å². The van der Waals surface area contributed by atoms with Crippen molar-refractivity contribution in [1.82, 2.24) is 10.2 Å². The molecular formula is C10H7Cl2N3O. The van der Waals surface area contributed by atoms with Crippen molar-refractivity contribution in [3.8, 4) is 0 Å². The Morgan fingerprint density at radius 3 is 2.81 bits per heavy atom. The molecule has 82 valence electrons. The van der Waals surface area contributed by atoms with Crippen molar-refractivity contribution >= 4 is 34.9 Å². The second kappa shape index (κ2) is 4.55. The van der Waals surface area contributed by atoms with Crippen LogP contribution in [0.5, 0.6) is 0 Å². The first kappa shape index (κ1) is 11.0. The predicted molar refractivity (Wildman–Crippen MR) is 63.0 cm³/mol. The van der Waals surface area contributed by atoms with Crippen molar-refractivity contribution in [3.63, 3.8) is 0 Å². The highest BCUT2D eigenvalue weighted by Gasteiger charge is 2.11. The first-order valence-electron chi connectivity index (χ1n) is 4.42. The van der Waals surface area contributed by atoms with Gasteiger partial charge in [0.15, 0.2) is 0 Å². The molecule has 0 saturated heterocycles. The number of nitrogens with zero attached hydrogens (tertiary/aromatic N) is 1. The van der Waals surface area contributed by atoms with Crippen molar-refractivity contribution in [2.75, 3.05) is 5.32 Å². The van der Waals surface area contributed by atoms with Crippen molar-refractivity contribution in [1.29, 1.82) is 0 Å². The zero-order chi connectivity index (χ0) is 11.5. The molecule has 6 heteroatoms. The summed E-state index contributed by atoms with van der Waals surface area (Å²) in [5, 5.41) is 9.74. The SMILES string of the molecule is O=C(Nc1ccn[nH]1)c1cc(Cl)ccc1Cl. The molecule has 2 rings (SSSR count). The zero-order valence-corrected chi connectivity index (χ0v) is 9.51. The molecule has 16 heavy (non-hydrogen) atoms. The van der Waals surface area contributed by atoms with Gasteiger partial charge in [-0.15, -0.1) is 0 Å². The minimum Gasteiger partial charge on any atom is -0.307 e. The van der Waals surface area contributed by atoms with Crippen molar-refractivity contribution in [2.24, 2.45) is 0 Å². The summed E-state index contributed by atoms with van der Waals surface area (Å²) in [5.74, 6) is 0.165. The molecule has 0 aliphatic rings. The Morgan fingerprint density at radius 2 is 2.12 bits per heavy atom. The predicted octanol–water partition coefficient (Wildman–Crippen LogP) is 2.97. The number of nitrogens with one attached hydrogen (secondary N) is 2. The molecule has 0 spiro atoms. The maximum absolute atomic E-state index is 11.8. The summed E-state index contributed by atoms with van der Waals surface area (Å²) < 4.78 is 0. The smallest absolute Gasteiger partial charge is 0.258 e. The minimum atomic E-state index is -0.336. The number of anilines is 1. The van der Waals surface area contributed by atoms with Gasteiger partial charge in [-0.05, 0) is 18.2 Å². The number of hydrogen-bond acceptors (Lipinski definition) is 2. The van der Waals surface area contributed by atoms with Gasteiger partial charge in [-0.25, -0.2) is 0 Å². The highest BCUT2D eigenvalue weighted by molar-refractivity contribution is 6.36. The Labute approximate surface area is 102 Å². The second-order valence-corrected chi connectivity index (χ2v) is 3.89. The number of rotatable bonds is 2. The monoisotopic (exact) mass is 255 g/mol. The highest BCUT2D eigenvalue weighted by Crippen LogP contribution is 2.21. The molecule has 4 nitrogen and oxygen atoms in total. The lowest BCUT2D eigenvalue weighted by atomic mass is 10.2. The Balaban J connectivity index is 2.24. The highest BCUT2D eigenvalue weighted by atomic mass is 35.5. The van der Waals surface area contributed by atoms with Gasteiger partial charge in [0, 0.05) is 11.1 Å². The fourth-order valence-corrected chi connectivity index (χ4v) is 1.56. The van der Waals surface area contributed by atoms with Crippen LogP contribution in [-0.4, -0.2) is 16.1 Å². The molecule has 0 aliphatic heterocycles. The molecule has 2 aromatic rings. The summed E-state index contributed by atoms with van der Waals surface area (Å²) in [6.07, 6.45) is 1.54. The van der Waals surface area contributed by atoms with E-state index >= 15 is 0 Å². The molecule has 1 amide bonds. The fraction of sp³-hybridized carbons (Fsp3) is 0. The van der Waals surface area contributed by atoms with Crippen LogP contribution in [0.2, 0.25) is 10.0 Å². The Bertz CT molecular complexity index is 511. The number of aromatic amines is 1. The van der Waals surface area contributed by atoms with Crippen LogP contribution in [0.4, 0.5) is 5.82 Å². The van der Waals surface area contributed by atoms with Crippen LogP contribution in [-0.2, 0) is 0 Å². The molecule has 0 bridgehead atoms. The fourth-order valence-electron chi connectivity index (χ4n) is 1.19. The van der Waals surface area contributed by atoms with E-state index in [1.807, 2.05) is 0 Å². The quantitative estimate of drug-likeness (QED) is 0.867. The minimum absolute atomic E-state index is 0.323. The third kappa shape index (κ3) is 2.35. The van der Waals surface area contributed by atoms with Gasteiger partial charge in [-0.1, -0.05) is 23.2 Å². The van der Waals surface area contributed by atoms with Gasteiger partial charge in [-0.2, -0.15) is 5.10 Å². The Morgan fingerprint density at radius 1 is 1.31 bits per heavy atom. The van der Waals surface area contributed by atoms with Crippen LogP contribution in [0.25, 0.3) is 0 Å². The molecule has 0 radical (unpaired) electrons. The van der Waals surface area contributed by atoms with E-state index in [0.717, 1.165) is 0 Å². The van der Waals surface area contributed by atoms with E-state index in [2.05, 4.69) is 15.5 Å². The van der Waals surface area contributed by atoms with E-state index in [4.69, 9.17) is 23.2 Å². The van der Waals surface area contributed by atoms with Crippen molar-refractivity contribution in [3.05, 3.63) is 46.1 Å². The molecule has 1 aromatic carbocycles. The number of benzene rings is 1. The molecule has 1 aromatic heterocycles. The van der Waals surface area contributed by atoms with Crippen LogP contribution in [0.15, 0.2) is 30.5 Å². The number of carbonyl (C=O) groups is 1. The summed E-state index contributed by atoms with van der Waals surface area (Å²) in [5.41, 5.74) is 0.323. The van der Waals surface area contributed by atoms with E-state index in [1.165, 1.54) is 12.3 Å². The maximum Gasteiger partial charge on any atom is 0.258 e. The van der Waals surface area contributed by atoms with Gasteiger partial charge in [0.2, 0.25) is 0 Å². The summed E-state index contributed by atoms with van der Waals surface area (Å²) in [4.78, 5) is 11.8. The molecular weight excluding hydrogens is 249 g/mol. The lowest BCUT2D eigenvalue weighted by Crippen LogP contribution is -2.12. The second-order valence-electron chi connectivity index (χ2n) is 3.05. The van der Waals surface area contributed by atoms with Crippen LogP contribution in [0, 0.1) is 0 Å². The lowest BCUT2D eigenvalue weighted by Gasteiger charge is -2.04. The standard InChI is InChI=1S/C10H7Cl2N3O/c11-6-1-2-8(12)7(5-6)10(16)14-9-3-4-13-15-9/h1-5H,(H2,13,14,15,16). The first-order chi connectivity index (χ1) is 7.66. The Kier molecular flexibility index (Phi) is 3.12. The topological polar surface area (TPSA) is 57.8 Å². The molecule has 2 N–H and O–H groups in total. The van der Waals surface area contributed by atoms with Crippen LogP contribution in [0.1, 0.15) is 10.4 Å². The van der Waals surface area contributed by atoms with Gasteiger partial charge in [0.1, 0.15) is 5.82 Å². The van der Waals surface area contributed by atoms with Crippen LogP contribution >= 0.6 is 23.2 Å². The molecule has 0 aliphatic carbocycles. The van der Waals surface area contributed by atoms with Crippen molar-refractivity contribution in [2.45, 2.75) is 0 Å². The molecule has 0 fully saturated rings.